The zero-order valence-electron chi connectivity index (χ0n) is 6.83. The molecule has 4 heteroatoms. The molecule has 0 spiro atoms. The van der Waals surface area contributed by atoms with Crippen LogP contribution in [0.2, 0.25) is 0 Å². The maximum Gasteiger partial charge on any atom is 0.109 e. The van der Waals surface area contributed by atoms with Crippen LogP contribution in [0.1, 0.15) is 0 Å². The van der Waals surface area contributed by atoms with Gasteiger partial charge in [-0.3, -0.25) is 4.90 Å². The van der Waals surface area contributed by atoms with E-state index in [2.05, 4.69) is 0 Å². The minimum atomic E-state index is -1.02. The van der Waals surface area contributed by atoms with Gasteiger partial charge in [-0.25, -0.2) is 0 Å². The van der Waals surface area contributed by atoms with Crippen molar-refractivity contribution in [3.05, 3.63) is 12.2 Å². The summed E-state index contributed by atoms with van der Waals surface area (Å²) < 4.78 is 0. The third-order valence-electron chi connectivity index (χ3n) is 2.85. The third-order valence-corrected chi connectivity index (χ3v) is 2.85. The van der Waals surface area contributed by atoms with Crippen molar-refractivity contribution in [1.29, 1.82) is 0 Å². The SMILES string of the molecule is CN1[C@@H]2C=C[C@H]1[C@@H](O)C(O)[C@H]2O. The zero-order valence-corrected chi connectivity index (χ0v) is 6.83. The number of hydrogen-bond acceptors (Lipinski definition) is 4. The molecule has 0 saturated carbocycles. The Morgan fingerprint density at radius 1 is 0.917 bits per heavy atom. The van der Waals surface area contributed by atoms with Crippen LogP contribution in [0.3, 0.4) is 0 Å². The average molecular weight is 171 g/mol. The molecule has 0 aliphatic carbocycles. The Kier molecular flexibility index (Phi) is 1.73. The van der Waals surface area contributed by atoms with E-state index >= 15 is 0 Å². The number of aliphatic hydroxyl groups is 3. The first-order valence-electron chi connectivity index (χ1n) is 4.07. The van der Waals surface area contributed by atoms with Gasteiger partial charge in [0.2, 0.25) is 0 Å². The summed E-state index contributed by atoms with van der Waals surface area (Å²) in [6.07, 6.45) is 0.884. The fourth-order valence-electron chi connectivity index (χ4n) is 2.01. The van der Waals surface area contributed by atoms with Crippen molar-refractivity contribution >= 4 is 0 Å². The molecule has 2 aliphatic rings. The number of hydrogen-bond donors (Lipinski definition) is 3. The number of piperidine rings is 1. The van der Waals surface area contributed by atoms with Gasteiger partial charge in [-0.1, -0.05) is 12.2 Å². The van der Waals surface area contributed by atoms with E-state index in [1.807, 2.05) is 24.1 Å². The fraction of sp³-hybridized carbons (Fsp3) is 0.750. The van der Waals surface area contributed by atoms with E-state index in [0.29, 0.717) is 0 Å². The first kappa shape index (κ1) is 8.19. The predicted octanol–water partition coefficient (Wildman–Crippen LogP) is -1.68. The van der Waals surface area contributed by atoms with E-state index in [1.165, 1.54) is 0 Å². The lowest BCUT2D eigenvalue weighted by atomic mass is 9.94. The molecule has 0 aromatic heterocycles. The van der Waals surface area contributed by atoms with Crippen molar-refractivity contribution in [2.24, 2.45) is 0 Å². The molecule has 1 saturated heterocycles. The minimum absolute atomic E-state index is 0.145. The molecule has 0 aromatic rings. The lowest BCUT2D eigenvalue weighted by Gasteiger charge is -2.41. The molecule has 0 radical (unpaired) electrons. The molecule has 5 atom stereocenters. The smallest absolute Gasteiger partial charge is 0.109 e. The van der Waals surface area contributed by atoms with E-state index in [0.717, 1.165) is 0 Å². The van der Waals surface area contributed by atoms with Crippen molar-refractivity contribution in [1.82, 2.24) is 4.90 Å². The van der Waals surface area contributed by atoms with E-state index < -0.39 is 18.3 Å². The molecule has 1 unspecified atom stereocenters. The summed E-state index contributed by atoms with van der Waals surface area (Å²) in [6.45, 7) is 0. The topological polar surface area (TPSA) is 63.9 Å². The summed E-state index contributed by atoms with van der Waals surface area (Å²) in [5.74, 6) is 0. The lowest BCUT2D eigenvalue weighted by Crippen LogP contribution is -2.61. The molecule has 2 heterocycles. The van der Waals surface area contributed by atoms with Gasteiger partial charge in [0.25, 0.3) is 0 Å². The van der Waals surface area contributed by atoms with Crippen LogP contribution in [0.4, 0.5) is 0 Å². The van der Waals surface area contributed by atoms with E-state index in [1.54, 1.807) is 0 Å². The first-order valence-corrected chi connectivity index (χ1v) is 4.07. The minimum Gasteiger partial charge on any atom is -0.388 e. The van der Waals surface area contributed by atoms with Crippen LogP contribution in [-0.4, -0.2) is 57.7 Å². The molecule has 12 heavy (non-hydrogen) atoms. The standard InChI is InChI=1S/C8H13NO3/c1-9-4-2-3-5(9)7(11)8(12)6(4)10/h2-8,10-12H,1H3/t4-,5+,6+,7-,8?. The molecule has 1 fully saturated rings. The highest BCUT2D eigenvalue weighted by molar-refractivity contribution is 5.20. The van der Waals surface area contributed by atoms with Gasteiger partial charge in [-0.15, -0.1) is 0 Å². The summed E-state index contributed by atoms with van der Waals surface area (Å²) in [6, 6.07) is -0.290. The summed E-state index contributed by atoms with van der Waals surface area (Å²) in [7, 11) is 1.83. The van der Waals surface area contributed by atoms with Gasteiger partial charge in [0.1, 0.15) is 18.3 Å². The molecule has 3 N–H and O–H groups in total. The van der Waals surface area contributed by atoms with Gasteiger partial charge < -0.3 is 15.3 Å². The highest BCUT2D eigenvalue weighted by atomic mass is 16.4. The number of rotatable bonds is 0. The maximum atomic E-state index is 9.50. The quantitative estimate of drug-likeness (QED) is 0.381. The van der Waals surface area contributed by atoms with Crippen molar-refractivity contribution in [2.75, 3.05) is 7.05 Å². The molecule has 0 amide bonds. The molecule has 4 nitrogen and oxygen atoms in total. The van der Waals surface area contributed by atoms with Gasteiger partial charge in [-0.2, -0.15) is 0 Å². The Labute approximate surface area is 70.7 Å². The van der Waals surface area contributed by atoms with Crippen molar-refractivity contribution in [3.8, 4) is 0 Å². The van der Waals surface area contributed by atoms with Crippen LogP contribution in [0, 0.1) is 0 Å². The highest BCUT2D eigenvalue weighted by Gasteiger charge is 2.46. The molecule has 68 valence electrons. The summed E-state index contributed by atoms with van der Waals surface area (Å²) in [5, 5.41) is 28.4. The van der Waals surface area contributed by atoms with Crippen LogP contribution in [-0.2, 0) is 0 Å². The Balaban J connectivity index is 2.28. The van der Waals surface area contributed by atoms with Crippen molar-refractivity contribution in [3.63, 3.8) is 0 Å². The van der Waals surface area contributed by atoms with E-state index in [9.17, 15) is 15.3 Å². The Morgan fingerprint density at radius 2 is 1.33 bits per heavy atom. The Hall–Kier alpha value is -0.420. The highest BCUT2D eigenvalue weighted by Crippen LogP contribution is 2.29. The molecule has 0 aromatic carbocycles. The third kappa shape index (κ3) is 0.863. The monoisotopic (exact) mass is 171 g/mol. The molecule has 2 rings (SSSR count). The lowest BCUT2D eigenvalue weighted by molar-refractivity contribution is -0.130. The Bertz CT molecular complexity index is 198. The molecular weight excluding hydrogens is 158 g/mol. The first-order chi connectivity index (χ1) is 5.63. The summed E-state index contributed by atoms with van der Waals surface area (Å²) in [4.78, 5) is 1.86. The second-order valence-electron chi connectivity index (χ2n) is 3.50. The Morgan fingerprint density at radius 3 is 1.75 bits per heavy atom. The van der Waals surface area contributed by atoms with Crippen LogP contribution in [0.5, 0.6) is 0 Å². The largest absolute Gasteiger partial charge is 0.388 e. The zero-order chi connectivity index (χ0) is 8.88. The predicted molar refractivity (Wildman–Crippen MR) is 42.5 cm³/mol. The van der Waals surface area contributed by atoms with Crippen LogP contribution in [0.15, 0.2) is 12.2 Å². The molecule has 2 aliphatic heterocycles. The maximum absolute atomic E-state index is 9.50. The van der Waals surface area contributed by atoms with Gasteiger partial charge >= 0.3 is 0 Å². The number of aliphatic hydroxyl groups excluding tert-OH is 3. The van der Waals surface area contributed by atoms with Gasteiger partial charge in [-0.05, 0) is 7.05 Å². The second-order valence-corrected chi connectivity index (χ2v) is 3.50. The van der Waals surface area contributed by atoms with Crippen LogP contribution < -0.4 is 0 Å². The molecule has 2 bridgehead atoms. The van der Waals surface area contributed by atoms with Crippen molar-refractivity contribution in [2.45, 2.75) is 30.4 Å². The van der Waals surface area contributed by atoms with Crippen molar-refractivity contribution < 1.29 is 15.3 Å². The summed E-state index contributed by atoms with van der Waals surface area (Å²) >= 11 is 0. The summed E-state index contributed by atoms with van der Waals surface area (Å²) in [5.41, 5.74) is 0. The second kappa shape index (κ2) is 2.53. The van der Waals surface area contributed by atoms with Gasteiger partial charge in [0.05, 0.1) is 12.1 Å². The van der Waals surface area contributed by atoms with Gasteiger partial charge in [0, 0.05) is 0 Å². The van der Waals surface area contributed by atoms with Crippen LogP contribution in [0.25, 0.3) is 0 Å². The average Bonchev–Trinajstić information content (AvgIpc) is 2.38. The van der Waals surface area contributed by atoms with E-state index in [4.69, 9.17) is 0 Å². The normalized spacial score (nSPS) is 53.2. The number of fused-ring (bicyclic) bond motifs is 2. The van der Waals surface area contributed by atoms with E-state index in [-0.39, 0.29) is 12.1 Å². The molecular formula is C8H13NO3. The number of likely N-dealkylation sites (N-methyl/N-ethyl adjacent to an activating group) is 1. The fourth-order valence-corrected chi connectivity index (χ4v) is 2.01. The van der Waals surface area contributed by atoms with Gasteiger partial charge in [0.15, 0.2) is 0 Å². The number of nitrogens with zero attached hydrogens (tertiary/aromatic N) is 1. The van der Waals surface area contributed by atoms with Crippen LogP contribution >= 0.6 is 0 Å².